The van der Waals surface area contributed by atoms with Crippen LogP contribution in [-0.4, -0.2) is 37.0 Å². The molecule has 1 fully saturated rings. The Balaban J connectivity index is 1.36. The first-order chi connectivity index (χ1) is 15.0. The molecule has 1 saturated heterocycles. The number of benzene rings is 2. The zero-order valence-corrected chi connectivity index (χ0v) is 18.0. The average Bonchev–Trinajstić information content (AvgIpc) is 3.38. The fourth-order valence-corrected chi connectivity index (χ4v) is 3.98. The van der Waals surface area contributed by atoms with Gasteiger partial charge in [-0.25, -0.2) is 0 Å². The number of rotatable bonds is 8. The van der Waals surface area contributed by atoms with E-state index < -0.39 is 0 Å². The van der Waals surface area contributed by atoms with E-state index in [-0.39, 0.29) is 17.9 Å². The normalized spacial score (nSPS) is 16.6. The number of likely N-dealkylation sites (tertiary alicyclic amines) is 1. The predicted molar refractivity (Wildman–Crippen MR) is 119 cm³/mol. The third-order valence-electron chi connectivity index (χ3n) is 5.86. The van der Waals surface area contributed by atoms with Gasteiger partial charge in [0.15, 0.2) is 0 Å². The highest BCUT2D eigenvalue weighted by molar-refractivity contribution is 6.02. The van der Waals surface area contributed by atoms with Crippen molar-refractivity contribution in [1.29, 1.82) is 0 Å². The number of carbonyl (C=O) groups is 2. The molecule has 1 unspecified atom stereocenters. The van der Waals surface area contributed by atoms with E-state index in [1.807, 2.05) is 24.3 Å². The molecule has 0 spiro atoms. The Hall–Kier alpha value is -3.12. The summed E-state index contributed by atoms with van der Waals surface area (Å²) in [5.74, 6) is 1.56. The highest BCUT2D eigenvalue weighted by atomic mass is 16.5. The maximum atomic E-state index is 11.7. The molecule has 31 heavy (non-hydrogen) atoms. The maximum Gasteiger partial charge on any atom is 0.229 e. The first kappa shape index (κ1) is 21.1. The summed E-state index contributed by atoms with van der Waals surface area (Å²) >= 11 is 0. The van der Waals surface area contributed by atoms with Gasteiger partial charge in [0.1, 0.15) is 11.5 Å². The van der Waals surface area contributed by atoms with Gasteiger partial charge in [-0.2, -0.15) is 0 Å². The van der Waals surface area contributed by atoms with E-state index in [9.17, 15) is 9.59 Å². The van der Waals surface area contributed by atoms with Crippen molar-refractivity contribution in [3.05, 3.63) is 64.7 Å². The van der Waals surface area contributed by atoms with Gasteiger partial charge in [0.2, 0.25) is 11.8 Å². The summed E-state index contributed by atoms with van der Waals surface area (Å²) in [4.78, 5) is 24.7. The number of nitrogens with one attached hydrogen (secondary N) is 1. The lowest BCUT2D eigenvalue weighted by atomic mass is 10.0. The molecule has 1 N–H and O–H groups in total. The van der Waals surface area contributed by atoms with Gasteiger partial charge in [0.25, 0.3) is 0 Å². The fourth-order valence-electron chi connectivity index (χ4n) is 3.98. The third kappa shape index (κ3) is 4.80. The summed E-state index contributed by atoms with van der Waals surface area (Å²) in [6.07, 6.45) is 5.33. The maximum absolute atomic E-state index is 11.7. The Morgan fingerprint density at radius 2 is 1.94 bits per heavy atom. The zero-order valence-electron chi connectivity index (χ0n) is 18.0. The molecular weight excluding hydrogens is 392 g/mol. The van der Waals surface area contributed by atoms with Gasteiger partial charge < -0.3 is 14.8 Å². The Labute approximate surface area is 182 Å². The Bertz CT molecular complexity index is 999. The third-order valence-corrected chi connectivity index (χ3v) is 5.86. The van der Waals surface area contributed by atoms with Crippen LogP contribution < -0.4 is 14.8 Å². The van der Waals surface area contributed by atoms with Crippen LogP contribution in [0.3, 0.4) is 0 Å². The molecule has 0 aliphatic carbocycles. The lowest BCUT2D eigenvalue weighted by Gasteiger charge is -2.16. The molecule has 6 heteroatoms. The molecule has 0 bridgehead atoms. The first-order valence-electron chi connectivity index (χ1n) is 10.7. The van der Waals surface area contributed by atoms with Gasteiger partial charge >= 0.3 is 0 Å². The summed E-state index contributed by atoms with van der Waals surface area (Å²) in [5, 5.41) is 3.57. The predicted octanol–water partition coefficient (Wildman–Crippen LogP) is 3.64. The van der Waals surface area contributed by atoms with Crippen molar-refractivity contribution in [3.63, 3.8) is 0 Å². The number of amides is 2. The number of nitrogens with zero attached hydrogens (tertiary/aromatic N) is 1. The van der Waals surface area contributed by atoms with E-state index in [4.69, 9.17) is 9.47 Å². The van der Waals surface area contributed by atoms with Crippen LogP contribution in [0.15, 0.2) is 42.5 Å². The minimum absolute atomic E-state index is 0.104. The number of hydrogen-bond acceptors (Lipinski definition) is 5. The molecule has 4 rings (SSSR count). The van der Waals surface area contributed by atoms with Crippen molar-refractivity contribution in [2.24, 2.45) is 0 Å². The highest BCUT2D eigenvalue weighted by Crippen LogP contribution is 2.28. The van der Waals surface area contributed by atoms with Crippen LogP contribution in [0.25, 0.3) is 6.08 Å². The topological polar surface area (TPSA) is 67.9 Å². The molecule has 2 aliphatic heterocycles. The van der Waals surface area contributed by atoms with Crippen LogP contribution in [0, 0.1) is 0 Å². The quantitative estimate of drug-likeness (QED) is 0.661. The molecule has 2 heterocycles. The molecule has 2 aromatic rings. The Kier molecular flexibility index (Phi) is 6.37. The van der Waals surface area contributed by atoms with E-state index in [0.29, 0.717) is 25.9 Å². The van der Waals surface area contributed by atoms with Crippen molar-refractivity contribution in [1.82, 2.24) is 10.2 Å². The van der Waals surface area contributed by atoms with E-state index in [0.717, 1.165) is 35.7 Å². The monoisotopic (exact) mass is 420 g/mol. The Morgan fingerprint density at radius 3 is 2.71 bits per heavy atom. The number of hydrogen-bond donors (Lipinski definition) is 1. The average molecular weight is 421 g/mol. The minimum atomic E-state index is -0.104. The first-order valence-corrected chi connectivity index (χ1v) is 10.7. The van der Waals surface area contributed by atoms with Gasteiger partial charge in [-0.1, -0.05) is 36.4 Å². The van der Waals surface area contributed by atoms with Gasteiger partial charge in [0.05, 0.1) is 13.7 Å². The number of imide groups is 1. The van der Waals surface area contributed by atoms with Crippen LogP contribution in [0.4, 0.5) is 0 Å². The van der Waals surface area contributed by atoms with Gasteiger partial charge in [-0.3, -0.25) is 14.5 Å². The van der Waals surface area contributed by atoms with Crippen molar-refractivity contribution < 1.29 is 19.1 Å². The summed E-state index contributed by atoms with van der Waals surface area (Å²) in [5.41, 5.74) is 4.57. The second-order valence-corrected chi connectivity index (χ2v) is 7.94. The van der Waals surface area contributed by atoms with Crippen molar-refractivity contribution in [2.75, 3.05) is 20.3 Å². The van der Waals surface area contributed by atoms with Crippen LogP contribution in [-0.2, 0) is 22.6 Å². The van der Waals surface area contributed by atoms with Gasteiger partial charge in [-0.15, -0.1) is 0 Å². The molecule has 1 atom stereocenters. The number of fused-ring (bicyclic) bond motifs is 1. The SMILES string of the molecule is COc1cc(CNC(C)c2ccc3c(c2)CCO3)ccc1C=CCN1C(=O)CCC1=O. The molecule has 162 valence electrons. The van der Waals surface area contributed by atoms with Crippen molar-refractivity contribution in [3.8, 4) is 11.5 Å². The second kappa shape index (κ2) is 9.35. The molecule has 2 aromatic carbocycles. The van der Waals surface area contributed by atoms with Crippen LogP contribution >= 0.6 is 0 Å². The van der Waals surface area contributed by atoms with E-state index in [2.05, 4.69) is 36.5 Å². The van der Waals surface area contributed by atoms with E-state index in [1.165, 1.54) is 16.0 Å². The summed E-state index contributed by atoms with van der Waals surface area (Å²) < 4.78 is 11.1. The molecule has 2 amide bonds. The van der Waals surface area contributed by atoms with E-state index >= 15 is 0 Å². The molecule has 2 aliphatic rings. The zero-order chi connectivity index (χ0) is 21.8. The van der Waals surface area contributed by atoms with Crippen LogP contribution in [0.5, 0.6) is 11.5 Å². The summed E-state index contributed by atoms with van der Waals surface area (Å²) in [6.45, 7) is 3.94. The molecule has 0 radical (unpaired) electrons. The molecular formula is C25H28N2O4. The largest absolute Gasteiger partial charge is 0.496 e. The number of ether oxygens (including phenoxy) is 2. The van der Waals surface area contributed by atoms with Crippen molar-refractivity contribution >= 4 is 17.9 Å². The lowest BCUT2D eigenvalue weighted by molar-refractivity contribution is -0.137. The standard InChI is InChI=1S/C25H28N2O4/c1-17(20-7-8-22-21(15-20)11-13-31-22)26-16-18-5-6-19(23(14-18)30-2)4-3-12-27-24(28)9-10-25(27)29/h3-8,14-15,17,26H,9-13,16H2,1-2H3. The summed E-state index contributed by atoms with van der Waals surface area (Å²) in [7, 11) is 1.65. The molecule has 6 nitrogen and oxygen atoms in total. The van der Waals surface area contributed by atoms with Crippen LogP contribution in [0.1, 0.15) is 48.1 Å². The van der Waals surface area contributed by atoms with E-state index in [1.54, 1.807) is 7.11 Å². The smallest absolute Gasteiger partial charge is 0.229 e. The fraction of sp³-hybridized carbons (Fsp3) is 0.360. The number of carbonyl (C=O) groups excluding carboxylic acids is 2. The van der Waals surface area contributed by atoms with Gasteiger partial charge in [-0.05, 0) is 35.7 Å². The molecule has 0 aromatic heterocycles. The van der Waals surface area contributed by atoms with Gasteiger partial charge in [0, 0.05) is 44.0 Å². The number of methoxy groups -OCH3 is 1. The highest BCUT2D eigenvalue weighted by Gasteiger charge is 2.27. The van der Waals surface area contributed by atoms with Crippen LogP contribution in [0.2, 0.25) is 0 Å². The lowest BCUT2D eigenvalue weighted by Crippen LogP contribution is -2.28. The second-order valence-electron chi connectivity index (χ2n) is 7.94. The molecule has 0 saturated carbocycles. The summed E-state index contributed by atoms with van der Waals surface area (Å²) in [6, 6.07) is 12.7. The van der Waals surface area contributed by atoms with Crippen molar-refractivity contribution in [2.45, 2.75) is 38.8 Å². The minimum Gasteiger partial charge on any atom is -0.496 e. The Morgan fingerprint density at radius 1 is 1.13 bits per heavy atom.